The second kappa shape index (κ2) is 5.60. The third kappa shape index (κ3) is 3.28. The third-order valence-corrected chi connectivity index (χ3v) is 2.67. The fourth-order valence-electron chi connectivity index (χ4n) is 1.49. The highest BCUT2D eigenvalue weighted by atomic mass is 32.1. The molecule has 2 rings (SSSR count). The van der Waals surface area contributed by atoms with Crippen molar-refractivity contribution >= 4 is 17.2 Å². The van der Waals surface area contributed by atoms with E-state index in [2.05, 4.69) is 0 Å². The normalized spacial score (nSPS) is 10.1. The van der Waals surface area contributed by atoms with Gasteiger partial charge in [-0.25, -0.2) is 4.39 Å². The summed E-state index contributed by atoms with van der Waals surface area (Å²) >= 11 is 4.89. The summed E-state index contributed by atoms with van der Waals surface area (Å²) in [5.41, 5.74) is 7.21. The molecule has 0 spiro atoms. The summed E-state index contributed by atoms with van der Waals surface area (Å²) in [6, 6.07) is 13.5. The third-order valence-electron chi connectivity index (χ3n) is 2.44. The molecule has 0 radical (unpaired) electrons. The number of rotatable bonds is 4. The maximum Gasteiger partial charge on any atom is 0.123 e. The molecule has 2 N–H and O–H groups in total. The highest BCUT2D eigenvalue weighted by Gasteiger charge is 2.00. The highest BCUT2D eigenvalue weighted by Crippen LogP contribution is 2.15. The van der Waals surface area contributed by atoms with E-state index in [4.69, 9.17) is 22.7 Å². The van der Waals surface area contributed by atoms with Crippen LogP contribution in [-0.2, 0) is 6.61 Å². The predicted molar refractivity (Wildman–Crippen MR) is 73.1 cm³/mol. The molecule has 2 nitrogen and oxygen atoms in total. The minimum Gasteiger partial charge on any atom is -0.489 e. The van der Waals surface area contributed by atoms with Crippen molar-refractivity contribution in [1.82, 2.24) is 0 Å². The molecule has 0 heterocycles. The van der Waals surface area contributed by atoms with Gasteiger partial charge in [0.15, 0.2) is 0 Å². The molecular formula is C14H12FNOS. The Kier molecular flexibility index (Phi) is 3.89. The summed E-state index contributed by atoms with van der Waals surface area (Å²) < 4.78 is 18.3. The molecule has 0 atom stereocenters. The zero-order valence-corrected chi connectivity index (χ0v) is 10.4. The summed E-state index contributed by atoms with van der Waals surface area (Å²) in [6.07, 6.45) is 0. The van der Waals surface area contributed by atoms with Gasteiger partial charge >= 0.3 is 0 Å². The fraction of sp³-hybridized carbons (Fsp3) is 0.0714. The van der Waals surface area contributed by atoms with Gasteiger partial charge in [-0.3, -0.25) is 0 Å². The lowest BCUT2D eigenvalue weighted by Gasteiger charge is -2.07. The van der Waals surface area contributed by atoms with Crippen molar-refractivity contribution in [3.8, 4) is 5.75 Å². The second-order valence-electron chi connectivity index (χ2n) is 3.81. The first-order valence-corrected chi connectivity index (χ1v) is 5.83. The Morgan fingerprint density at radius 2 is 1.89 bits per heavy atom. The van der Waals surface area contributed by atoms with E-state index in [1.54, 1.807) is 18.2 Å². The van der Waals surface area contributed by atoms with Gasteiger partial charge in [0.1, 0.15) is 23.2 Å². The van der Waals surface area contributed by atoms with Crippen LogP contribution < -0.4 is 10.5 Å². The Balaban J connectivity index is 2.04. The summed E-state index contributed by atoms with van der Waals surface area (Å²) in [5.74, 6) is 0.429. The van der Waals surface area contributed by atoms with Crippen LogP contribution in [0.15, 0.2) is 48.5 Å². The molecule has 2 aromatic carbocycles. The number of halogens is 1. The van der Waals surface area contributed by atoms with Crippen molar-refractivity contribution in [2.45, 2.75) is 6.61 Å². The van der Waals surface area contributed by atoms with Crippen LogP contribution in [0.2, 0.25) is 0 Å². The topological polar surface area (TPSA) is 35.2 Å². The van der Waals surface area contributed by atoms with E-state index < -0.39 is 0 Å². The number of hydrogen-bond donors (Lipinski definition) is 1. The minimum atomic E-state index is -0.255. The first-order valence-electron chi connectivity index (χ1n) is 5.42. The molecule has 0 aliphatic carbocycles. The maximum absolute atomic E-state index is 12.7. The van der Waals surface area contributed by atoms with E-state index >= 15 is 0 Å². The minimum absolute atomic E-state index is 0.255. The Bertz CT molecular complexity index is 554. The van der Waals surface area contributed by atoms with Crippen molar-refractivity contribution in [1.29, 1.82) is 0 Å². The van der Waals surface area contributed by atoms with Crippen LogP contribution >= 0.6 is 12.2 Å². The van der Waals surface area contributed by atoms with Gasteiger partial charge in [-0.05, 0) is 29.8 Å². The van der Waals surface area contributed by atoms with E-state index in [0.29, 0.717) is 17.3 Å². The molecule has 18 heavy (non-hydrogen) atoms. The lowest BCUT2D eigenvalue weighted by molar-refractivity contribution is 0.306. The number of ether oxygens (including phenoxy) is 1. The largest absolute Gasteiger partial charge is 0.489 e. The molecule has 0 unspecified atom stereocenters. The molecule has 0 saturated heterocycles. The van der Waals surface area contributed by atoms with Crippen molar-refractivity contribution < 1.29 is 9.13 Å². The van der Waals surface area contributed by atoms with Crippen LogP contribution in [-0.4, -0.2) is 4.99 Å². The lowest BCUT2D eigenvalue weighted by atomic mass is 10.2. The van der Waals surface area contributed by atoms with Gasteiger partial charge in [0.2, 0.25) is 0 Å². The van der Waals surface area contributed by atoms with Gasteiger partial charge in [-0.15, -0.1) is 0 Å². The summed E-state index contributed by atoms with van der Waals surface area (Å²) in [6.45, 7) is 0.376. The van der Waals surface area contributed by atoms with Crippen LogP contribution in [0.1, 0.15) is 11.1 Å². The van der Waals surface area contributed by atoms with Crippen LogP contribution in [0.25, 0.3) is 0 Å². The summed E-state index contributed by atoms with van der Waals surface area (Å²) in [7, 11) is 0. The molecule has 2 aromatic rings. The molecule has 0 bridgehead atoms. The van der Waals surface area contributed by atoms with E-state index in [1.165, 1.54) is 12.1 Å². The second-order valence-corrected chi connectivity index (χ2v) is 4.25. The van der Waals surface area contributed by atoms with Crippen LogP contribution in [0.3, 0.4) is 0 Å². The van der Waals surface area contributed by atoms with Gasteiger partial charge in [0.05, 0.1) is 0 Å². The average Bonchev–Trinajstić information content (AvgIpc) is 2.38. The first kappa shape index (κ1) is 12.5. The standard InChI is InChI=1S/C14H12FNOS/c15-12-6-4-10(5-7-12)9-17-13-3-1-2-11(8-13)14(16)18/h1-8H,9H2,(H2,16,18). The molecule has 0 amide bonds. The molecule has 0 aliphatic rings. The van der Waals surface area contributed by atoms with Gasteiger partial charge in [0.25, 0.3) is 0 Å². The molecular weight excluding hydrogens is 249 g/mol. The van der Waals surface area contributed by atoms with Crippen LogP contribution in [0.4, 0.5) is 4.39 Å². The summed E-state index contributed by atoms with van der Waals surface area (Å²) in [4.78, 5) is 0.335. The van der Waals surface area contributed by atoms with Crippen molar-refractivity contribution in [3.05, 3.63) is 65.5 Å². The van der Waals surface area contributed by atoms with Crippen LogP contribution in [0.5, 0.6) is 5.75 Å². The highest BCUT2D eigenvalue weighted by molar-refractivity contribution is 7.80. The monoisotopic (exact) mass is 261 g/mol. The van der Waals surface area contributed by atoms with E-state index in [0.717, 1.165) is 11.1 Å². The SMILES string of the molecule is NC(=S)c1cccc(OCc2ccc(F)cc2)c1. The Hall–Kier alpha value is -1.94. The van der Waals surface area contributed by atoms with E-state index in [-0.39, 0.29) is 5.82 Å². The molecule has 92 valence electrons. The first-order chi connectivity index (χ1) is 8.65. The summed E-state index contributed by atoms with van der Waals surface area (Å²) in [5, 5.41) is 0. The van der Waals surface area contributed by atoms with E-state index in [9.17, 15) is 4.39 Å². The van der Waals surface area contributed by atoms with Gasteiger partial charge < -0.3 is 10.5 Å². The van der Waals surface area contributed by atoms with E-state index in [1.807, 2.05) is 18.2 Å². The molecule has 0 aromatic heterocycles. The zero-order valence-electron chi connectivity index (χ0n) is 9.60. The Morgan fingerprint density at radius 1 is 1.17 bits per heavy atom. The molecule has 4 heteroatoms. The Labute approximate surface area is 110 Å². The van der Waals surface area contributed by atoms with Gasteiger partial charge in [-0.2, -0.15) is 0 Å². The van der Waals surface area contributed by atoms with Gasteiger partial charge in [0, 0.05) is 5.56 Å². The van der Waals surface area contributed by atoms with Crippen molar-refractivity contribution in [2.75, 3.05) is 0 Å². The number of hydrogen-bond acceptors (Lipinski definition) is 2. The zero-order chi connectivity index (χ0) is 13.0. The Morgan fingerprint density at radius 3 is 2.56 bits per heavy atom. The number of nitrogens with two attached hydrogens (primary N) is 1. The maximum atomic E-state index is 12.7. The smallest absolute Gasteiger partial charge is 0.123 e. The number of benzene rings is 2. The van der Waals surface area contributed by atoms with Gasteiger partial charge in [-0.1, -0.05) is 36.5 Å². The quantitative estimate of drug-likeness (QED) is 0.859. The fourth-order valence-corrected chi connectivity index (χ4v) is 1.61. The van der Waals surface area contributed by atoms with Crippen LogP contribution in [0, 0.1) is 5.82 Å². The number of thiocarbonyl (C=S) groups is 1. The lowest BCUT2D eigenvalue weighted by Crippen LogP contribution is -2.09. The molecule has 0 aliphatic heterocycles. The molecule has 0 fully saturated rings. The van der Waals surface area contributed by atoms with Crippen molar-refractivity contribution in [3.63, 3.8) is 0 Å². The molecule has 0 saturated carbocycles. The average molecular weight is 261 g/mol. The van der Waals surface area contributed by atoms with Crippen molar-refractivity contribution in [2.24, 2.45) is 5.73 Å². The predicted octanol–water partition coefficient (Wildman–Crippen LogP) is 3.04.